The van der Waals surface area contributed by atoms with Crippen LogP contribution in [0.2, 0.25) is 0 Å². The molecule has 0 aliphatic heterocycles. The van der Waals surface area contributed by atoms with Gasteiger partial charge < -0.3 is 4.74 Å². The van der Waals surface area contributed by atoms with Crippen LogP contribution in [-0.4, -0.2) is 36.6 Å². The smallest absolute Gasteiger partial charge is 0.320 e. The number of rotatable bonds is 6. The van der Waals surface area contributed by atoms with Gasteiger partial charge in [-0.2, -0.15) is 0 Å². The van der Waals surface area contributed by atoms with Crippen LogP contribution >= 0.6 is 0 Å². The highest BCUT2D eigenvalue weighted by molar-refractivity contribution is 5.72. The minimum absolute atomic E-state index is 0.101. The Kier molecular flexibility index (Phi) is 5.97. The van der Waals surface area contributed by atoms with Crippen LogP contribution in [0.1, 0.15) is 46.6 Å². The maximum absolute atomic E-state index is 11.8. The van der Waals surface area contributed by atoms with Gasteiger partial charge in [0.15, 0.2) is 0 Å². The van der Waals surface area contributed by atoms with Gasteiger partial charge in [0.1, 0.15) is 5.60 Å². The highest BCUT2D eigenvalue weighted by atomic mass is 16.6. The summed E-state index contributed by atoms with van der Waals surface area (Å²) in [6, 6.07) is 10.5. The minimum Gasteiger partial charge on any atom is -0.459 e. The molecule has 1 aromatic rings. The number of ether oxygens (including phenoxy) is 1. The van der Waals surface area contributed by atoms with Crippen molar-refractivity contribution in [2.75, 3.05) is 20.1 Å². The molecule has 3 heteroatoms. The summed E-state index contributed by atoms with van der Waals surface area (Å²) >= 11 is 0. The SMILES string of the molecule is CN(CCC(C)(C)c1ccccc1)CC(=O)OC(C)(C)C. The van der Waals surface area contributed by atoms with Gasteiger partial charge in [-0.25, -0.2) is 0 Å². The molecule has 0 spiro atoms. The van der Waals surface area contributed by atoms with Crippen molar-refractivity contribution in [1.82, 2.24) is 4.90 Å². The second kappa shape index (κ2) is 7.08. The predicted octanol–water partition coefficient (Wildman–Crippen LogP) is 3.63. The lowest BCUT2D eigenvalue weighted by atomic mass is 9.81. The van der Waals surface area contributed by atoms with Crippen molar-refractivity contribution in [1.29, 1.82) is 0 Å². The van der Waals surface area contributed by atoms with Gasteiger partial charge in [0.25, 0.3) is 0 Å². The minimum atomic E-state index is -0.415. The molecule has 0 aromatic heterocycles. The van der Waals surface area contributed by atoms with Crippen molar-refractivity contribution < 1.29 is 9.53 Å². The standard InChI is InChI=1S/C18H29NO2/c1-17(2,3)21-16(20)14-19(6)13-12-18(4,5)15-10-8-7-9-11-15/h7-11H,12-14H2,1-6H3. The Morgan fingerprint density at radius 3 is 2.19 bits per heavy atom. The maximum atomic E-state index is 11.8. The Morgan fingerprint density at radius 2 is 1.67 bits per heavy atom. The van der Waals surface area contributed by atoms with Crippen LogP contribution in [0.4, 0.5) is 0 Å². The van der Waals surface area contributed by atoms with E-state index >= 15 is 0 Å². The van der Waals surface area contributed by atoms with Gasteiger partial charge >= 0.3 is 5.97 Å². The first-order chi connectivity index (χ1) is 9.60. The van der Waals surface area contributed by atoms with E-state index in [0.29, 0.717) is 6.54 Å². The normalized spacial score (nSPS) is 12.5. The van der Waals surface area contributed by atoms with Crippen LogP contribution in [0, 0.1) is 0 Å². The Bertz CT molecular complexity index is 446. The number of hydrogen-bond donors (Lipinski definition) is 0. The molecule has 0 bridgehead atoms. The lowest BCUT2D eigenvalue weighted by molar-refractivity contribution is -0.155. The Labute approximate surface area is 129 Å². The van der Waals surface area contributed by atoms with Crippen molar-refractivity contribution in [3.8, 4) is 0 Å². The van der Waals surface area contributed by atoms with Crippen molar-refractivity contribution >= 4 is 5.97 Å². The third-order valence-electron chi connectivity index (χ3n) is 3.49. The fourth-order valence-electron chi connectivity index (χ4n) is 2.18. The van der Waals surface area contributed by atoms with E-state index in [2.05, 4.69) is 38.1 Å². The predicted molar refractivity (Wildman–Crippen MR) is 87.4 cm³/mol. The molecule has 0 atom stereocenters. The number of esters is 1. The van der Waals surface area contributed by atoms with E-state index in [9.17, 15) is 4.79 Å². The van der Waals surface area contributed by atoms with Gasteiger partial charge in [-0.1, -0.05) is 44.2 Å². The zero-order valence-electron chi connectivity index (χ0n) is 14.3. The summed E-state index contributed by atoms with van der Waals surface area (Å²) in [5.74, 6) is -0.164. The first-order valence-corrected chi connectivity index (χ1v) is 7.56. The molecular formula is C18H29NO2. The van der Waals surface area contributed by atoms with E-state index in [1.165, 1.54) is 5.56 Å². The third kappa shape index (κ3) is 6.76. The van der Waals surface area contributed by atoms with Crippen LogP contribution in [0.25, 0.3) is 0 Å². The lowest BCUT2D eigenvalue weighted by Gasteiger charge is -2.28. The van der Waals surface area contributed by atoms with Crippen LogP contribution in [0.5, 0.6) is 0 Å². The molecule has 21 heavy (non-hydrogen) atoms. The molecule has 0 amide bonds. The van der Waals surface area contributed by atoms with E-state index < -0.39 is 5.60 Å². The van der Waals surface area contributed by atoms with Gasteiger partial charge in [0.2, 0.25) is 0 Å². The zero-order chi connectivity index (χ0) is 16.1. The molecule has 0 heterocycles. The quantitative estimate of drug-likeness (QED) is 0.750. The average Bonchev–Trinajstić information content (AvgIpc) is 2.35. The summed E-state index contributed by atoms with van der Waals surface area (Å²) < 4.78 is 5.34. The second-order valence-electron chi connectivity index (χ2n) is 7.32. The molecule has 0 N–H and O–H groups in total. The number of nitrogens with zero attached hydrogens (tertiary/aromatic N) is 1. The van der Waals surface area contributed by atoms with Crippen molar-refractivity contribution in [2.45, 2.75) is 52.1 Å². The van der Waals surface area contributed by atoms with Gasteiger partial charge in [0.05, 0.1) is 6.54 Å². The molecule has 0 aliphatic rings. The fraction of sp³-hybridized carbons (Fsp3) is 0.611. The summed E-state index contributed by atoms with van der Waals surface area (Å²) in [6.07, 6.45) is 0.996. The molecule has 1 aromatic carbocycles. The Hall–Kier alpha value is -1.35. The van der Waals surface area contributed by atoms with E-state index in [-0.39, 0.29) is 11.4 Å². The highest BCUT2D eigenvalue weighted by Gasteiger charge is 2.22. The van der Waals surface area contributed by atoms with Crippen LogP contribution < -0.4 is 0 Å². The number of benzene rings is 1. The number of carbonyl (C=O) groups excluding carboxylic acids is 1. The fourth-order valence-corrected chi connectivity index (χ4v) is 2.18. The topological polar surface area (TPSA) is 29.5 Å². The first kappa shape index (κ1) is 17.7. The molecule has 0 radical (unpaired) electrons. The zero-order valence-corrected chi connectivity index (χ0v) is 14.3. The van der Waals surface area contributed by atoms with Gasteiger partial charge in [0, 0.05) is 0 Å². The number of carbonyl (C=O) groups is 1. The second-order valence-corrected chi connectivity index (χ2v) is 7.32. The number of hydrogen-bond acceptors (Lipinski definition) is 3. The van der Waals surface area contributed by atoms with Crippen molar-refractivity contribution in [3.05, 3.63) is 35.9 Å². The molecule has 118 valence electrons. The first-order valence-electron chi connectivity index (χ1n) is 7.56. The molecule has 0 unspecified atom stereocenters. The summed E-state index contributed by atoms with van der Waals surface area (Å²) in [5, 5.41) is 0. The van der Waals surface area contributed by atoms with Crippen molar-refractivity contribution in [2.24, 2.45) is 0 Å². The van der Waals surface area contributed by atoms with Crippen LogP contribution in [-0.2, 0) is 14.9 Å². The van der Waals surface area contributed by atoms with Gasteiger partial charge in [-0.15, -0.1) is 0 Å². The largest absolute Gasteiger partial charge is 0.459 e. The molecule has 0 saturated heterocycles. The summed E-state index contributed by atoms with van der Waals surface area (Å²) in [4.78, 5) is 13.8. The monoisotopic (exact) mass is 291 g/mol. The summed E-state index contributed by atoms with van der Waals surface area (Å²) in [6.45, 7) is 11.4. The Balaban J connectivity index is 2.46. The summed E-state index contributed by atoms with van der Waals surface area (Å²) in [5.41, 5.74) is 1.01. The van der Waals surface area contributed by atoms with E-state index in [4.69, 9.17) is 4.74 Å². The van der Waals surface area contributed by atoms with E-state index in [1.807, 2.05) is 38.8 Å². The number of likely N-dealkylation sites (N-methyl/N-ethyl adjacent to an activating group) is 1. The van der Waals surface area contributed by atoms with Gasteiger partial charge in [-0.3, -0.25) is 9.69 Å². The van der Waals surface area contributed by atoms with E-state index in [1.54, 1.807) is 0 Å². The molecule has 1 rings (SSSR count). The summed E-state index contributed by atoms with van der Waals surface area (Å²) in [7, 11) is 1.96. The van der Waals surface area contributed by atoms with Crippen LogP contribution in [0.15, 0.2) is 30.3 Å². The lowest BCUT2D eigenvalue weighted by Crippen LogP contribution is -2.35. The van der Waals surface area contributed by atoms with Gasteiger partial charge in [-0.05, 0) is 51.8 Å². The molecule has 0 aliphatic carbocycles. The highest BCUT2D eigenvalue weighted by Crippen LogP contribution is 2.26. The maximum Gasteiger partial charge on any atom is 0.320 e. The van der Waals surface area contributed by atoms with Crippen LogP contribution in [0.3, 0.4) is 0 Å². The molecular weight excluding hydrogens is 262 g/mol. The third-order valence-corrected chi connectivity index (χ3v) is 3.49. The Morgan fingerprint density at radius 1 is 1.10 bits per heavy atom. The molecule has 0 fully saturated rings. The molecule has 0 saturated carbocycles. The average molecular weight is 291 g/mol. The molecule has 3 nitrogen and oxygen atoms in total. The van der Waals surface area contributed by atoms with E-state index in [0.717, 1.165) is 13.0 Å². The van der Waals surface area contributed by atoms with Crippen molar-refractivity contribution in [3.63, 3.8) is 0 Å².